The van der Waals surface area contributed by atoms with Gasteiger partial charge in [-0.15, -0.1) is 0 Å². The van der Waals surface area contributed by atoms with Gasteiger partial charge in [-0.1, -0.05) is 0 Å². The van der Waals surface area contributed by atoms with Crippen molar-refractivity contribution >= 4 is 9.84 Å². The number of aryl methyl sites for hydroxylation is 1. The van der Waals surface area contributed by atoms with Crippen LogP contribution in [0.5, 0.6) is 0 Å². The van der Waals surface area contributed by atoms with E-state index in [1.807, 2.05) is 20.2 Å². The van der Waals surface area contributed by atoms with Gasteiger partial charge in [0.25, 0.3) is 0 Å². The molecule has 102 valence electrons. The summed E-state index contributed by atoms with van der Waals surface area (Å²) in [4.78, 5) is 2.14. The van der Waals surface area contributed by atoms with Crippen LogP contribution in [0.1, 0.15) is 18.5 Å². The van der Waals surface area contributed by atoms with Crippen molar-refractivity contribution in [2.45, 2.75) is 19.0 Å². The summed E-state index contributed by atoms with van der Waals surface area (Å²) in [6, 6.07) is -0.0894. The maximum atomic E-state index is 11.5. The fraction of sp³-hybridized carbons (Fsp3) is 0.727. The van der Waals surface area contributed by atoms with E-state index in [0.29, 0.717) is 13.1 Å². The lowest BCUT2D eigenvalue weighted by atomic mass is 10.1. The Morgan fingerprint density at radius 3 is 2.89 bits per heavy atom. The zero-order valence-corrected chi connectivity index (χ0v) is 11.6. The highest BCUT2D eigenvalue weighted by Crippen LogP contribution is 2.16. The third-order valence-electron chi connectivity index (χ3n) is 3.39. The molecule has 0 aromatic carbocycles. The molecular weight excluding hydrogens is 252 g/mol. The smallest absolute Gasteiger partial charge is 0.153 e. The van der Waals surface area contributed by atoms with Crippen LogP contribution < -0.4 is 5.73 Å². The Kier molecular flexibility index (Phi) is 3.74. The van der Waals surface area contributed by atoms with E-state index in [2.05, 4.69) is 10.00 Å². The van der Waals surface area contributed by atoms with Crippen LogP contribution in [-0.4, -0.2) is 53.7 Å². The molecule has 2 unspecified atom stereocenters. The summed E-state index contributed by atoms with van der Waals surface area (Å²) in [7, 11) is -1.01. The van der Waals surface area contributed by atoms with Gasteiger partial charge in [0.1, 0.15) is 0 Å². The van der Waals surface area contributed by atoms with Crippen LogP contribution in [-0.2, 0) is 16.9 Å². The number of rotatable bonds is 3. The predicted molar refractivity (Wildman–Crippen MR) is 69.8 cm³/mol. The fourth-order valence-electron chi connectivity index (χ4n) is 2.29. The summed E-state index contributed by atoms with van der Waals surface area (Å²) in [6.07, 6.45) is 3.66. The summed E-state index contributed by atoms with van der Waals surface area (Å²) in [6.45, 7) is 3.17. The second-order valence-electron chi connectivity index (χ2n) is 5.01. The first-order valence-electron chi connectivity index (χ1n) is 6.06. The second-order valence-corrected chi connectivity index (χ2v) is 7.24. The van der Waals surface area contributed by atoms with E-state index in [0.717, 1.165) is 5.56 Å². The van der Waals surface area contributed by atoms with Gasteiger partial charge < -0.3 is 5.73 Å². The van der Waals surface area contributed by atoms with Gasteiger partial charge in [-0.25, -0.2) is 8.42 Å². The van der Waals surface area contributed by atoms with Gasteiger partial charge in [0.05, 0.1) is 17.7 Å². The Hall–Kier alpha value is -0.920. The lowest BCUT2D eigenvalue weighted by Gasteiger charge is -2.34. The summed E-state index contributed by atoms with van der Waals surface area (Å²) in [5, 5.41) is 4.10. The first kappa shape index (κ1) is 13.5. The highest BCUT2D eigenvalue weighted by atomic mass is 32.2. The van der Waals surface area contributed by atoms with Gasteiger partial charge in [-0.05, 0) is 6.92 Å². The molecule has 1 aliphatic rings. The van der Waals surface area contributed by atoms with Crippen molar-refractivity contribution in [3.63, 3.8) is 0 Å². The van der Waals surface area contributed by atoms with E-state index in [-0.39, 0.29) is 23.6 Å². The van der Waals surface area contributed by atoms with Crippen LogP contribution in [0.3, 0.4) is 0 Å². The lowest BCUT2D eigenvalue weighted by Crippen LogP contribution is -2.49. The molecule has 18 heavy (non-hydrogen) atoms. The SMILES string of the molecule is CC1CS(=O)(=O)CCN1CC(N)c1cnn(C)c1. The average molecular weight is 272 g/mol. The van der Waals surface area contributed by atoms with Crippen LogP contribution in [0.15, 0.2) is 12.4 Å². The molecule has 2 N–H and O–H groups in total. The topological polar surface area (TPSA) is 81.2 Å². The number of aromatic nitrogens is 2. The molecular formula is C11H20N4O2S. The van der Waals surface area contributed by atoms with E-state index < -0.39 is 9.84 Å². The molecule has 1 aliphatic heterocycles. The molecule has 0 amide bonds. The Morgan fingerprint density at radius 2 is 2.33 bits per heavy atom. The molecule has 2 rings (SSSR count). The zero-order valence-electron chi connectivity index (χ0n) is 10.8. The van der Waals surface area contributed by atoms with Crippen LogP contribution in [0.4, 0.5) is 0 Å². The van der Waals surface area contributed by atoms with E-state index in [4.69, 9.17) is 5.73 Å². The van der Waals surface area contributed by atoms with Crippen LogP contribution in [0.2, 0.25) is 0 Å². The van der Waals surface area contributed by atoms with Crippen molar-refractivity contribution in [1.82, 2.24) is 14.7 Å². The summed E-state index contributed by atoms with van der Waals surface area (Å²) in [5.74, 6) is 0.462. The van der Waals surface area contributed by atoms with Crippen molar-refractivity contribution < 1.29 is 8.42 Å². The van der Waals surface area contributed by atoms with Gasteiger partial charge in [-0.3, -0.25) is 9.58 Å². The molecule has 0 spiro atoms. The number of nitrogens with two attached hydrogens (primary N) is 1. The average Bonchev–Trinajstić information content (AvgIpc) is 2.68. The van der Waals surface area contributed by atoms with E-state index >= 15 is 0 Å². The minimum atomic E-state index is -2.86. The van der Waals surface area contributed by atoms with Crippen LogP contribution >= 0.6 is 0 Å². The molecule has 1 aromatic heterocycles. The molecule has 2 heterocycles. The molecule has 6 nitrogen and oxygen atoms in total. The second kappa shape index (κ2) is 4.99. The highest BCUT2D eigenvalue weighted by molar-refractivity contribution is 7.91. The Morgan fingerprint density at radius 1 is 1.61 bits per heavy atom. The molecule has 7 heteroatoms. The monoisotopic (exact) mass is 272 g/mol. The number of hydrogen-bond acceptors (Lipinski definition) is 5. The molecule has 1 aromatic rings. The van der Waals surface area contributed by atoms with Gasteiger partial charge in [-0.2, -0.15) is 5.10 Å². The first-order chi connectivity index (χ1) is 8.37. The largest absolute Gasteiger partial charge is 0.323 e. The molecule has 0 aliphatic carbocycles. The van der Waals surface area contributed by atoms with Gasteiger partial charge in [0.15, 0.2) is 9.84 Å². The molecule has 2 atom stereocenters. The van der Waals surface area contributed by atoms with Gasteiger partial charge >= 0.3 is 0 Å². The zero-order chi connectivity index (χ0) is 13.3. The molecule has 0 radical (unpaired) electrons. The molecule has 1 saturated heterocycles. The van der Waals surface area contributed by atoms with Crippen LogP contribution in [0.25, 0.3) is 0 Å². The molecule has 1 fully saturated rings. The fourth-order valence-corrected chi connectivity index (χ4v) is 3.92. The van der Waals surface area contributed by atoms with Crippen molar-refractivity contribution in [3.8, 4) is 0 Å². The summed E-state index contributed by atoms with van der Waals surface area (Å²) >= 11 is 0. The normalized spacial score (nSPS) is 26.1. The number of sulfone groups is 1. The van der Waals surface area contributed by atoms with Gasteiger partial charge in [0, 0.05) is 44.0 Å². The van der Waals surface area contributed by atoms with Crippen molar-refractivity contribution in [2.75, 3.05) is 24.6 Å². The van der Waals surface area contributed by atoms with Crippen LogP contribution in [0, 0.1) is 0 Å². The summed E-state index contributed by atoms with van der Waals surface area (Å²) < 4.78 is 24.7. The first-order valence-corrected chi connectivity index (χ1v) is 7.88. The van der Waals surface area contributed by atoms with Gasteiger partial charge in [0.2, 0.25) is 0 Å². The number of hydrogen-bond donors (Lipinski definition) is 1. The molecule has 0 bridgehead atoms. The van der Waals surface area contributed by atoms with Crippen molar-refractivity contribution in [2.24, 2.45) is 12.8 Å². The lowest BCUT2D eigenvalue weighted by molar-refractivity contribution is 0.213. The Labute approximate surface area is 108 Å². The minimum Gasteiger partial charge on any atom is -0.323 e. The number of nitrogens with zero attached hydrogens (tertiary/aromatic N) is 3. The third-order valence-corrected chi connectivity index (χ3v) is 5.19. The Bertz CT molecular complexity index is 511. The van der Waals surface area contributed by atoms with E-state index in [9.17, 15) is 8.42 Å². The highest BCUT2D eigenvalue weighted by Gasteiger charge is 2.29. The van der Waals surface area contributed by atoms with E-state index in [1.54, 1.807) is 10.9 Å². The van der Waals surface area contributed by atoms with E-state index in [1.165, 1.54) is 0 Å². The maximum Gasteiger partial charge on any atom is 0.153 e. The minimum absolute atomic E-state index is 0.0338. The third kappa shape index (κ3) is 3.09. The quantitative estimate of drug-likeness (QED) is 0.805. The standard InChI is InChI=1S/C11H20N4O2S/c1-9-8-18(16,17)4-3-15(9)7-11(12)10-5-13-14(2)6-10/h5-6,9,11H,3-4,7-8,12H2,1-2H3. The Balaban J connectivity index is 1.98. The predicted octanol–water partition coefficient (Wildman–Crippen LogP) is -0.461. The van der Waals surface area contributed by atoms with Crippen molar-refractivity contribution in [1.29, 1.82) is 0 Å². The maximum absolute atomic E-state index is 11.5. The molecule has 0 saturated carbocycles. The van der Waals surface area contributed by atoms with Crippen molar-refractivity contribution in [3.05, 3.63) is 18.0 Å². The summed E-state index contributed by atoms with van der Waals surface area (Å²) in [5.41, 5.74) is 7.11.